The summed E-state index contributed by atoms with van der Waals surface area (Å²) in [6, 6.07) is 10.1. The standard InChI is InChI=1S/C18H19N3O3S2.ClH/c1-24-13-2-4-14(5-3-13)26(22,23)17-12-15-16(25-17)6-7-20-18(15)21-10-8-19-9-11-21;/h2-7,12,19H,8-11H2,1H3;1H. The van der Waals surface area contributed by atoms with Crippen LogP contribution in [0.5, 0.6) is 5.75 Å². The second-order valence-electron chi connectivity index (χ2n) is 6.03. The average molecular weight is 426 g/mol. The van der Waals surface area contributed by atoms with Crippen molar-refractivity contribution in [3.05, 3.63) is 42.6 Å². The van der Waals surface area contributed by atoms with Crippen LogP contribution in [0, 0.1) is 0 Å². The Morgan fingerprint density at radius 2 is 1.85 bits per heavy atom. The van der Waals surface area contributed by atoms with Crippen LogP contribution in [0.25, 0.3) is 10.1 Å². The van der Waals surface area contributed by atoms with Crippen molar-refractivity contribution in [3.63, 3.8) is 0 Å². The summed E-state index contributed by atoms with van der Waals surface area (Å²) in [5, 5.41) is 4.21. The molecular weight excluding hydrogens is 406 g/mol. The Labute approximate surface area is 168 Å². The third kappa shape index (κ3) is 3.75. The first kappa shape index (κ1) is 19.9. The van der Waals surface area contributed by atoms with Gasteiger partial charge in [-0.3, -0.25) is 0 Å². The van der Waals surface area contributed by atoms with E-state index in [1.54, 1.807) is 43.6 Å². The monoisotopic (exact) mass is 425 g/mol. The maximum atomic E-state index is 13.0. The van der Waals surface area contributed by atoms with Gasteiger partial charge in [-0.25, -0.2) is 13.4 Å². The Hall–Kier alpha value is -1.87. The SMILES string of the molecule is COc1ccc(S(=O)(=O)c2cc3c(N4CCNCC4)nccc3s2)cc1.Cl. The molecule has 1 saturated heterocycles. The third-order valence-electron chi connectivity index (χ3n) is 4.45. The number of rotatable bonds is 4. The average Bonchev–Trinajstić information content (AvgIpc) is 3.14. The maximum absolute atomic E-state index is 13.0. The fourth-order valence-corrected chi connectivity index (χ4v) is 5.84. The van der Waals surface area contributed by atoms with Crippen molar-refractivity contribution in [2.75, 3.05) is 38.2 Å². The Bertz CT molecular complexity index is 1030. The fourth-order valence-electron chi connectivity index (χ4n) is 3.06. The van der Waals surface area contributed by atoms with E-state index in [1.165, 1.54) is 11.3 Å². The smallest absolute Gasteiger partial charge is 0.216 e. The molecule has 4 rings (SSSR count). The van der Waals surface area contributed by atoms with Crippen molar-refractivity contribution < 1.29 is 13.2 Å². The van der Waals surface area contributed by atoms with Gasteiger partial charge >= 0.3 is 0 Å². The second kappa shape index (κ2) is 8.02. The molecule has 0 bridgehead atoms. The van der Waals surface area contributed by atoms with E-state index in [-0.39, 0.29) is 17.3 Å². The molecule has 1 aliphatic heterocycles. The number of aromatic nitrogens is 1. The van der Waals surface area contributed by atoms with Gasteiger partial charge in [-0.1, -0.05) is 0 Å². The molecule has 0 amide bonds. The number of nitrogens with zero attached hydrogens (tertiary/aromatic N) is 2. The summed E-state index contributed by atoms with van der Waals surface area (Å²) in [6.45, 7) is 3.53. The zero-order valence-electron chi connectivity index (χ0n) is 14.7. The molecule has 1 aliphatic rings. The fraction of sp³-hybridized carbons (Fsp3) is 0.278. The molecule has 0 aliphatic carbocycles. The van der Waals surface area contributed by atoms with E-state index in [0.29, 0.717) is 9.96 Å². The Balaban J connectivity index is 0.00000210. The molecule has 9 heteroatoms. The first-order chi connectivity index (χ1) is 12.6. The predicted octanol–water partition coefficient (Wildman–Crippen LogP) is 2.97. The van der Waals surface area contributed by atoms with E-state index in [0.717, 1.165) is 42.1 Å². The molecule has 6 nitrogen and oxygen atoms in total. The summed E-state index contributed by atoms with van der Waals surface area (Å²) < 4.78 is 32.4. The molecule has 27 heavy (non-hydrogen) atoms. The molecule has 0 saturated carbocycles. The highest BCUT2D eigenvalue weighted by molar-refractivity contribution is 7.93. The minimum atomic E-state index is -3.57. The number of benzene rings is 1. The Morgan fingerprint density at radius 3 is 2.52 bits per heavy atom. The van der Waals surface area contributed by atoms with E-state index in [1.807, 2.05) is 6.07 Å². The molecule has 0 unspecified atom stereocenters. The Morgan fingerprint density at radius 1 is 1.15 bits per heavy atom. The summed E-state index contributed by atoms with van der Waals surface area (Å²) in [6.07, 6.45) is 1.75. The van der Waals surface area contributed by atoms with Gasteiger partial charge in [0.1, 0.15) is 15.8 Å². The van der Waals surface area contributed by atoms with Gasteiger partial charge < -0.3 is 15.0 Å². The highest BCUT2D eigenvalue weighted by Gasteiger charge is 2.23. The number of methoxy groups -OCH3 is 1. The molecule has 3 aromatic rings. The van der Waals surface area contributed by atoms with E-state index >= 15 is 0 Å². The lowest BCUT2D eigenvalue weighted by molar-refractivity contribution is 0.414. The highest BCUT2D eigenvalue weighted by Crippen LogP contribution is 2.36. The van der Waals surface area contributed by atoms with Crippen molar-refractivity contribution in [2.45, 2.75) is 9.10 Å². The number of anilines is 1. The molecule has 1 N–H and O–H groups in total. The first-order valence-corrected chi connectivity index (χ1v) is 10.6. The lowest BCUT2D eigenvalue weighted by Crippen LogP contribution is -2.43. The number of piperazine rings is 1. The number of hydrogen-bond donors (Lipinski definition) is 1. The topological polar surface area (TPSA) is 71.5 Å². The van der Waals surface area contributed by atoms with Crippen LogP contribution in [0.2, 0.25) is 0 Å². The summed E-state index contributed by atoms with van der Waals surface area (Å²) in [5.74, 6) is 1.49. The summed E-state index contributed by atoms with van der Waals surface area (Å²) in [7, 11) is -2.01. The molecule has 3 heterocycles. The minimum Gasteiger partial charge on any atom is -0.497 e. The number of hydrogen-bond acceptors (Lipinski definition) is 7. The summed E-state index contributed by atoms with van der Waals surface area (Å²) in [4.78, 5) is 6.98. The first-order valence-electron chi connectivity index (χ1n) is 8.33. The summed E-state index contributed by atoms with van der Waals surface area (Å²) >= 11 is 1.29. The van der Waals surface area contributed by atoms with Gasteiger partial charge in [0.15, 0.2) is 0 Å². The van der Waals surface area contributed by atoms with E-state index in [9.17, 15) is 8.42 Å². The van der Waals surface area contributed by atoms with Crippen molar-refractivity contribution in [1.29, 1.82) is 0 Å². The van der Waals surface area contributed by atoms with Crippen LogP contribution in [0.3, 0.4) is 0 Å². The quantitative estimate of drug-likeness (QED) is 0.692. The van der Waals surface area contributed by atoms with Gasteiger partial charge in [0.2, 0.25) is 9.84 Å². The number of sulfone groups is 1. The van der Waals surface area contributed by atoms with Gasteiger partial charge in [-0.15, -0.1) is 23.7 Å². The summed E-state index contributed by atoms with van der Waals surface area (Å²) in [5.41, 5.74) is 0. The number of halogens is 1. The van der Waals surface area contributed by atoms with Crippen molar-refractivity contribution in [1.82, 2.24) is 10.3 Å². The predicted molar refractivity (Wildman–Crippen MR) is 110 cm³/mol. The lowest BCUT2D eigenvalue weighted by atomic mass is 10.2. The van der Waals surface area contributed by atoms with Gasteiger partial charge in [0.05, 0.1) is 12.0 Å². The van der Waals surface area contributed by atoms with Gasteiger partial charge in [0.25, 0.3) is 0 Å². The van der Waals surface area contributed by atoms with Gasteiger partial charge in [-0.05, 0) is 36.4 Å². The highest BCUT2D eigenvalue weighted by atomic mass is 35.5. The van der Waals surface area contributed by atoms with Gasteiger partial charge in [-0.2, -0.15) is 0 Å². The lowest BCUT2D eigenvalue weighted by Gasteiger charge is -2.28. The van der Waals surface area contributed by atoms with Crippen LogP contribution >= 0.6 is 23.7 Å². The van der Waals surface area contributed by atoms with Crippen LogP contribution < -0.4 is 15.0 Å². The molecule has 0 radical (unpaired) electrons. The molecule has 0 spiro atoms. The number of nitrogens with one attached hydrogen (secondary N) is 1. The molecule has 1 fully saturated rings. The number of fused-ring (bicyclic) bond motifs is 1. The van der Waals surface area contributed by atoms with E-state index in [4.69, 9.17) is 4.74 Å². The van der Waals surface area contributed by atoms with Crippen LogP contribution in [0.1, 0.15) is 0 Å². The molecular formula is C18H20ClN3O3S2. The third-order valence-corrected chi connectivity index (χ3v) is 7.80. The Kier molecular flexibility index (Phi) is 5.90. The molecule has 2 aromatic heterocycles. The van der Waals surface area contributed by atoms with Crippen LogP contribution in [-0.2, 0) is 9.84 Å². The zero-order valence-corrected chi connectivity index (χ0v) is 17.2. The van der Waals surface area contributed by atoms with Crippen molar-refractivity contribution in [3.8, 4) is 5.75 Å². The number of ether oxygens (including phenoxy) is 1. The minimum absolute atomic E-state index is 0. The zero-order chi connectivity index (χ0) is 18.1. The van der Waals surface area contributed by atoms with E-state index < -0.39 is 9.84 Å². The van der Waals surface area contributed by atoms with Crippen LogP contribution in [0.4, 0.5) is 5.82 Å². The van der Waals surface area contributed by atoms with Crippen molar-refractivity contribution >= 4 is 49.5 Å². The van der Waals surface area contributed by atoms with E-state index in [2.05, 4.69) is 15.2 Å². The van der Waals surface area contributed by atoms with Crippen LogP contribution in [0.15, 0.2) is 51.7 Å². The van der Waals surface area contributed by atoms with Crippen LogP contribution in [-0.4, -0.2) is 46.7 Å². The maximum Gasteiger partial charge on any atom is 0.216 e. The molecule has 1 aromatic carbocycles. The largest absolute Gasteiger partial charge is 0.497 e. The number of thiophene rings is 1. The molecule has 144 valence electrons. The van der Waals surface area contributed by atoms with Gasteiger partial charge in [0, 0.05) is 42.5 Å². The second-order valence-corrected chi connectivity index (χ2v) is 9.29. The normalized spacial score (nSPS) is 14.8. The van der Waals surface area contributed by atoms with Crippen molar-refractivity contribution in [2.24, 2.45) is 0 Å². The number of pyridine rings is 1. The molecule has 0 atom stereocenters.